The van der Waals surface area contributed by atoms with Crippen LogP contribution in [0.4, 0.5) is 0 Å². The van der Waals surface area contributed by atoms with Gasteiger partial charge in [-0.2, -0.15) is 0 Å². The molecule has 0 aromatic carbocycles. The van der Waals surface area contributed by atoms with Crippen molar-refractivity contribution < 1.29 is 11.9 Å². The van der Waals surface area contributed by atoms with E-state index in [-0.39, 0.29) is 0 Å². The van der Waals surface area contributed by atoms with Crippen LogP contribution in [-0.2, 0) is 11.9 Å². The van der Waals surface area contributed by atoms with Crippen molar-refractivity contribution in [3.8, 4) is 0 Å². The molecule has 0 saturated heterocycles. The van der Waals surface area contributed by atoms with Gasteiger partial charge in [0.1, 0.15) is 0 Å². The number of hydrogen-bond donors (Lipinski definition) is 0. The molecule has 0 saturated carbocycles. The van der Waals surface area contributed by atoms with Crippen molar-refractivity contribution >= 4 is 37.7 Å². The van der Waals surface area contributed by atoms with Crippen molar-refractivity contribution in [2.75, 3.05) is 0 Å². The van der Waals surface area contributed by atoms with Crippen LogP contribution < -0.4 is 0 Å². The summed E-state index contributed by atoms with van der Waals surface area (Å²) in [5, 5.41) is 0. The summed E-state index contributed by atoms with van der Waals surface area (Å²) >= 11 is -3.13. The minimum atomic E-state index is -3.13. The van der Waals surface area contributed by atoms with Gasteiger partial charge in [0.25, 0.3) is 0 Å². The summed E-state index contributed by atoms with van der Waals surface area (Å²) in [4.78, 5) is 0. The van der Waals surface area contributed by atoms with Crippen LogP contribution in [0.15, 0.2) is 0 Å². The normalized spacial score (nSPS) is 12.0. The first-order valence-corrected chi connectivity index (χ1v) is 11.0. The van der Waals surface area contributed by atoms with Crippen LogP contribution in [0.5, 0.6) is 0 Å². The Morgan fingerprint density at radius 2 is 0.800 bits per heavy atom. The van der Waals surface area contributed by atoms with E-state index in [0.29, 0.717) is 0 Å². The van der Waals surface area contributed by atoms with Crippen LogP contribution >= 0.6 is 37.7 Å². The summed E-state index contributed by atoms with van der Waals surface area (Å²) in [6.07, 6.45) is 0. The Bertz CT molecular complexity index is 19.1. The van der Waals surface area contributed by atoms with E-state index in [1.807, 2.05) is 0 Å². The second kappa shape index (κ2) is 2.23. The molecule has 32 valence electrons. The summed E-state index contributed by atoms with van der Waals surface area (Å²) in [5.74, 6) is 0. The van der Waals surface area contributed by atoms with E-state index in [1.54, 1.807) is 0 Å². The van der Waals surface area contributed by atoms with Crippen LogP contribution in [0.2, 0.25) is 0 Å². The quantitative estimate of drug-likeness (QED) is 0.569. The fraction of sp³-hybridized carbons (Fsp3) is 0. The zero-order valence-electron chi connectivity index (χ0n) is 1.92. The molecule has 0 amide bonds. The standard InChI is InChI=1S/4ClH.Mo/h4*1H;/q;;;;+6/p-4. The van der Waals surface area contributed by atoms with E-state index in [2.05, 4.69) is 0 Å². The third-order valence-electron chi connectivity index (χ3n) is 0. The molecule has 5 heteroatoms. The Morgan fingerprint density at radius 3 is 0.800 bits per heavy atom. The van der Waals surface area contributed by atoms with Crippen molar-refractivity contribution in [3.05, 3.63) is 0 Å². The summed E-state index contributed by atoms with van der Waals surface area (Å²) in [7, 11) is 20.1. The van der Waals surface area contributed by atoms with E-state index in [4.69, 9.17) is 37.7 Å². The van der Waals surface area contributed by atoms with Crippen molar-refractivity contribution in [3.63, 3.8) is 0 Å². The summed E-state index contributed by atoms with van der Waals surface area (Å²) in [6, 6.07) is 0. The van der Waals surface area contributed by atoms with Gasteiger partial charge in [-0.25, -0.2) is 0 Å². The average molecular weight is 238 g/mol. The third-order valence-corrected chi connectivity index (χ3v) is 0. The topological polar surface area (TPSA) is 0 Å². The van der Waals surface area contributed by atoms with E-state index < -0.39 is 11.9 Å². The van der Waals surface area contributed by atoms with Crippen molar-refractivity contribution in [1.29, 1.82) is 0 Å². The van der Waals surface area contributed by atoms with Crippen molar-refractivity contribution in [2.45, 2.75) is 0 Å². The number of halogens is 4. The first-order chi connectivity index (χ1) is 2.00. The molecule has 0 aliphatic rings. The Hall–Kier alpha value is 1.85. The average Bonchev–Trinajstić information content (AvgIpc) is 0.722. The molecule has 0 spiro atoms. The van der Waals surface area contributed by atoms with Gasteiger partial charge in [-0.3, -0.25) is 0 Å². The molecule has 0 rings (SSSR count). The monoisotopic (exact) mass is 238 g/mol. The zero-order chi connectivity index (χ0) is 4.50. The van der Waals surface area contributed by atoms with Crippen LogP contribution in [0.3, 0.4) is 0 Å². The van der Waals surface area contributed by atoms with Crippen LogP contribution in [0.1, 0.15) is 0 Å². The van der Waals surface area contributed by atoms with Gasteiger partial charge in [-0.05, 0) is 0 Å². The van der Waals surface area contributed by atoms with Crippen molar-refractivity contribution in [2.24, 2.45) is 0 Å². The summed E-state index contributed by atoms with van der Waals surface area (Å²) in [5.41, 5.74) is 0. The maximum absolute atomic E-state index is 5.02. The Kier molecular flexibility index (Phi) is 3.06. The summed E-state index contributed by atoms with van der Waals surface area (Å²) in [6.45, 7) is 0. The number of rotatable bonds is 0. The molecular weight excluding hydrogens is 238 g/mol. The molecule has 0 aromatic rings. The Morgan fingerprint density at radius 1 is 0.800 bits per heavy atom. The molecule has 0 aliphatic carbocycles. The van der Waals surface area contributed by atoms with Crippen LogP contribution in [0.25, 0.3) is 0 Å². The zero-order valence-corrected chi connectivity index (χ0v) is 6.95. The first-order valence-electron chi connectivity index (χ1n) is 0.617. The molecule has 0 aromatic heterocycles. The van der Waals surface area contributed by atoms with Gasteiger partial charge in [0, 0.05) is 0 Å². The fourth-order valence-electron chi connectivity index (χ4n) is 0. The number of hydrogen-bond acceptors (Lipinski definition) is 0. The van der Waals surface area contributed by atoms with Crippen molar-refractivity contribution in [1.82, 2.24) is 0 Å². The molecule has 0 bridgehead atoms. The first kappa shape index (κ1) is 6.85. The third kappa shape index (κ3) is 25.4. The van der Waals surface area contributed by atoms with Gasteiger partial charge in [0.15, 0.2) is 0 Å². The van der Waals surface area contributed by atoms with E-state index in [9.17, 15) is 0 Å². The van der Waals surface area contributed by atoms with Gasteiger partial charge in [-0.1, -0.05) is 0 Å². The second-order valence-electron chi connectivity index (χ2n) is 0.350. The molecule has 0 radical (unpaired) electrons. The predicted molar refractivity (Wildman–Crippen MR) is 23.4 cm³/mol. The molecule has 0 nitrogen and oxygen atoms in total. The fourth-order valence-corrected chi connectivity index (χ4v) is 0. The van der Waals surface area contributed by atoms with Gasteiger partial charge in [-0.15, -0.1) is 0 Å². The predicted octanol–water partition coefficient (Wildman–Crippen LogP) is 2.76. The van der Waals surface area contributed by atoms with Gasteiger partial charge >= 0.3 is 49.6 Å². The molecule has 5 heavy (non-hydrogen) atoms. The molecule has 0 unspecified atom stereocenters. The second-order valence-corrected chi connectivity index (χ2v) is 18.6. The Labute approximate surface area is 49.2 Å². The van der Waals surface area contributed by atoms with E-state index >= 15 is 0 Å². The van der Waals surface area contributed by atoms with E-state index in [1.165, 1.54) is 0 Å². The molecule has 0 fully saturated rings. The van der Waals surface area contributed by atoms with Crippen LogP contribution in [-0.4, -0.2) is 0 Å². The summed E-state index contributed by atoms with van der Waals surface area (Å²) < 4.78 is 0. The van der Waals surface area contributed by atoms with E-state index in [0.717, 1.165) is 0 Å². The molecule has 0 atom stereocenters. The SMILES string of the molecule is [Cl][Mo+2]([Cl])([Cl])[Cl]. The molecule has 0 heterocycles. The minimum absolute atomic E-state index is 3.13. The maximum atomic E-state index is 5.02. The van der Waals surface area contributed by atoms with Gasteiger partial charge < -0.3 is 0 Å². The van der Waals surface area contributed by atoms with Gasteiger partial charge in [0.05, 0.1) is 0 Å². The molecule has 0 aliphatic heterocycles. The Balaban J connectivity index is 3.02. The molecular formula is Cl4Mo+2. The molecule has 0 N–H and O–H groups in total. The van der Waals surface area contributed by atoms with Gasteiger partial charge in [0.2, 0.25) is 0 Å². The van der Waals surface area contributed by atoms with Crippen LogP contribution in [0, 0.1) is 0 Å².